The monoisotopic (exact) mass is 383 g/mol. The van der Waals surface area contributed by atoms with Crippen molar-refractivity contribution in [2.24, 2.45) is 0 Å². The number of likely N-dealkylation sites (tertiary alicyclic amines) is 1. The van der Waals surface area contributed by atoms with Crippen molar-refractivity contribution < 1.29 is 14.3 Å². The van der Waals surface area contributed by atoms with Crippen LogP contribution in [0.2, 0.25) is 0 Å². The van der Waals surface area contributed by atoms with Crippen molar-refractivity contribution in [3.05, 3.63) is 53.3 Å². The molecule has 0 radical (unpaired) electrons. The first-order valence-electron chi connectivity index (χ1n) is 10.1. The number of hydrogen-bond acceptors (Lipinski definition) is 4. The standard InChI is InChI=1S/C22H29N3O3/c1-4-19(17-9-7-6-8-10-17)21(26)24-13-11-18(12-14-24)25-20(15-16(3)23-25)22(27)28-5-2/h6-10,15,18-19H,4-5,11-14H2,1-3H3. The van der Waals surface area contributed by atoms with E-state index in [0.29, 0.717) is 25.4 Å². The van der Waals surface area contributed by atoms with Crippen LogP contribution in [0.15, 0.2) is 36.4 Å². The van der Waals surface area contributed by atoms with Crippen molar-refractivity contribution in [1.82, 2.24) is 14.7 Å². The fraction of sp³-hybridized carbons (Fsp3) is 0.500. The van der Waals surface area contributed by atoms with Crippen LogP contribution in [0, 0.1) is 6.92 Å². The van der Waals surface area contributed by atoms with Gasteiger partial charge in [-0.1, -0.05) is 37.3 Å². The van der Waals surface area contributed by atoms with Crippen molar-refractivity contribution in [2.75, 3.05) is 19.7 Å². The van der Waals surface area contributed by atoms with Gasteiger partial charge in [-0.15, -0.1) is 0 Å². The molecule has 2 heterocycles. The van der Waals surface area contributed by atoms with Crippen LogP contribution in [0.1, 0.15) is 66.8 Å². The molecule has 6 heteroatoms. The number of nitrogens with zero attached hydrogens (tertiary/aromatic N) is 3. The molecule has 0 spiro atoms. The van der Waals surface area contributed by atoms with Gasteiger partial charge in [-0.25, -0.2) is 4.79 Å². The summed E-state index contributed by atoms with van der Waals surface area (Å²) >= 11 is 0. The number of benzene rings is 1. The zero-order valence-corrected chi connectivity index (χ0v) is 16.9. The number of amides is 1. The molecule has 28 heavy (non-hydrogen) atoms. The minimum Gasteiger partial charge on any atom is -0.461 e. The molecule has 1 aromatic carbocycles. The normalized spacial score (nSPS) is 16.0. The molecule has 0 bridgehead atoms. The minimum absolute atomic E-state index is 0.0974. The average molecular weight is 383 g/mol. The third kappa shape index (κ3) is 4.26. The highest BCUT2D eigenvalue weighted by atomic mass is 16.5. The van der Waals surface area contributed by atoms with Crippen molar-refractivity contribution >= 4 is 11.9 Å². The third-order valence-electron chi connectivity index (χ3n) is 5.37. The lowest BCUT2D eigenvalue weighted by molar-refractivity contribution is -0.134. The zero-order chi connectivity index (χ0) is 20.1. The lowest BCUT2D eigenvalue weighted by Crippen LogP contribution is -2.42. The Morgan fingerprint density at radius 2 is 1.86 bits per heavy atom. The van der Waals surface area contributed by atoms with E-state index in [2.05, 4.69) is 12.0 Å². The molecule has 1 aliphatic rings. The van der Waals surface area contributed by atoms with E-state index in [1.54, 1.807) is 17.7 Å². The van der Waals surface area contributed by atoms with E-state index in [4.69, 9.17) is 4.74 Å². The molecule has 1 amide bonds. The molecule has 1 saturated heterocycles. The Labute approximate surface area is 166 Å². The second-order valence-corrected chi connectivity index (χ2v) is 7.26. The Morgan fingerprint density at radius 1 is 1.18 bits per heavy atom. The maximum Gasteiger partial charge on any atom is 0.356 e. The number of hydrogen-bond donors (Lipinski definition) is 0. The molecule has 1 unspecified atom stereocenters. The zero-order valence-electron chi connectivity index (χ0n) is 16.9. The van der Waals surface area contributed by atoms with Gasteiger partial charge < -0.3 is 9.64 Å². The molecular weight excluding hydrogens is 354 g/mol. The first-order chi connectivity index (χ1) is 13.5. The molecule has 1 aliphatic heterocycles. The number of carbonyl (C=O) groups excluding carboxylic acids is 2. The highest BCUT2D eigenvalue weighted by Gasteiger charge is 2.30. The van der Waals surface area contributed by atoms with Gasteiger partial charge in [0, 0.05) is 13.1 Å². The number of ether oxygens (including phenoxy) is 1. The summed E-state index contributed by atoms with van der Waals surface area (Å²) in [4.78, 5) is 27.3. The van der Waals surface area contributed by atoms with Gasteiger partial charge >= 0.3 is 5.97 Å². The predicted octanol–water partition coefficient (Wildman–Crippen LogP) is 3.73. The van der Waals surface area contributed by atoms with Gasteiger partial charge in [0.05, 0.1) is 24.3 Å². The predicted molar refractivity (Wildman–Crippen MR) is 107 cm³/mol. The summed E-state index contributed by atoms with van der Waals surface area (Å²) in [6.45, 7) is 7.42. The summed E-state index contributed by atoms with van der Waals surface area (Å²) in [6, 6.07) is 11.9. The van der Waals surface area contributed by atoms with Gasteiger partial charge in [0.15, 0.2) is 0 Å². The molecule has 0 N–H and O–H groups in total. The average Bonchev–Trinajstić information content (AvgIpc) is 3.11. The third-order valence-corrected chi connectivity index (χ3v) is 5.37. The maximum atomic E-state index is 13.1. The maximum absolute atomic E-state index is 13.1. The van der Waals surface area contributed by atoms with Gasteiger partial charge in [-0.05, 0) is 44.7 Å². The Kier molecular flexibility index (Phi) is 6.49. The molecule has 6 nitrogen and oxygen atoms in total. The van der Waals surface area contributed by atoms with Crippen molar-refractivity contribution in [3.8, 4) is 0 Å². The summed E-state index contributed by atoms with van der Waals surface area (Å²) in [6.07, 6.45) is 2.35. The van der Waals surface area contributed by atoms with Crippen molar-refractivity contribution in [2.45, 2.75) is 52.0 Å². The molecule has 1 aromatic heterocycles. The second-order valence-electron chi connectivity index (χ2n) is 7.26. The van der Waals surface area contributed by atoms with Gasteiger partial charge in [-0.3, -0.25) is 9.48 Å². The molecule has 0 aliphatic carbocycles. The van der Waals surface area contributed by atoms with Gasteiger partial charge in [-0.2, -0.15) is 5.10 Å². The minimum atomic E-state index is -0.336. The quantitative estimate of drug-likeness (QED) is 0.713. The second kappa shape index (κ2) is 9.04. The van der Waals surface area contributed by atoms with Crippen LogP contribution in [0.25, 0.3) is 0 Å². The van der Waals surface area contributed by atoms with Gasteiger partial charge in [0.2, 0.25) is 5.91 Å². The molecule has 3 rings (SSSR count). The topological polar surface area (TPSA) is 64.4 Å². The molecule has 1 fully saturated rings. The molecule has 1 atom stereocenters. The summed E-state index contributed by atoms with van der Waals surface area (Å²) in [7, 11) is 0. The summed E-state index contributed by atoms with van der Waals surface area (Å²) in [5.41, 5.74) is 2.38. The summed E-state index contributed by atoms with van der Waals surface area (Å²) in [5, 5.41) is 4.52. The van der Waals surface area contributed by atoms with Crippen LogP contribution in [0.5, 0.6) is 0 Å². The molecule has 0 saturated carbocycles. The van der Waals surface area contributed by atoms with E-state index < -0.39 is 0 Å². The number of piperidine rings is 1. The van der Waals surface area contributed by atoms with Gasteiger partial charge in [0.1, 0.15) is 5.69 Å². The largest absolute Gasteiger partial charge is 0.461 e. The molecular formula is C22H29N3O3. The number of aryl methyl sites for hydroxylation is 1. The number of carbonyl (C=O) groups is 2. The van der Waals surface area contributed by atoms with E-state index >= 15 is 0 Å². The Bertz CT molecular complexity index is 808. The van der Waals surface area contributed by atoms with Crippen LogP contribution in [-0.4, -0.2) is 46.3 Å². The number of esters is 1. The van der Waals surface area contributed by atoms with Crippen molar-refractivity contribution in [1.29, 1.82) is 0 Å². The van der Waals surface area contributed by atoms with Gasteiger partial charge in [0.25, 0.3) is 0 Å². The highest BCUT2D eigenvalue weighted by Crippen LogP contribution is 2.28. The summed E-state index contributed by atoms with van der Waals surface area (Å²) in [5.74, 6) is -0.245. The highest BCUT2D eigenvalue weighted by molar-refractivity contribution is 5.87. The van der Waals surface area contributed by atoms with E-state index in [1.807, 2.05) is 42.2 Å². The lowest BCUT2D eigenvalue weighted by atomic mass is 9.93. The summed E-state index contributed by atoms with van der Waals surface area (Å²) < 4.78 is 6.96. The Hall–Kier alpha value is -2.63. The SMILES string of the molecule is CCOC(=O)c1cc(C)nn1C1CCN(C(=O)C(CC)c2ccccc2)CC1. The smallest absolute Gasteiger partial charge is 0.356 e. The Balaban J connectivity index is 1.68. The van der Waals surface area contributed by atoms with Crippen molar-refractivity contribution in [3.63, 3.8) is 0 Å². The van der Waals surface area contributed by atoms with Crippen LogP contribution in [0.4, 0.5) is 0 Å². The fourth-order valence-corrected chi connectivity index (χ4v) is 3.94. The van der Waals surface area contributed by atoms with E-state index in [-0.39, 0.29) is 23.8 Å². The Morgan fingerprint density at radius 3 is 2.46 bits per heavy atom. The van der Waals surface area contributed by atoms with E-state index in [1.165, 1.54) is 0 Å². The van der Waals surface area contributed by atoms with Crippen LogP contribution >= 0.6 is 0 Å². The number of rotatable bonds is 6. The van der Waals surface area contributed by atoms with E-state index in [0.717, 1.165) is 30.5 Å². The van der Waals surface area contributed by atoms with Crippen LogP contribution in [-0.2, 0) is 9.53 Å². The molecule has 2 aromatic rings. The first-order valence-corrected chi connectivity index (χ1v) is 10.1. The van der Waals surface area contributed by atoms with Crippen LogP contribution < -0.4 is 0 Å². The first kappa shape index (κ1) is 20.1. The molecule has 150 valence electrons. The number of aromatic nitrogens is 2. The lowest BCUT2D eigenvalue weighted by Gasteiger charge is -2.34. The van der Waals surface area contributed by atoms with Crippen LogP contribution in [0.3, 0.4) is 0 Å². The fourth-order valence-electron chi connectivity index (χ4n) is 3.94. The van der Waals surface area contributed by atoms with E-state index in [9.17, 15) is 9.59 Å².